The monoisotopic (exact) mass is 388 g/mol. The van der Waals surface area contributed by atoms with Gasteiger partial charge in [0.15, 0.2) is 0 Å². The minimum atomic E-state index is -0.177. The first-order valence-electron chi connectivity index (χ1n) is 11.4. The van der Waals surface area contributed by atoms with Crippen molar-refractivity contribution >= 4 is 0 Å². The highest BCUT2D eigenvalue weighted by Gasteiger charge is 2.29. The predicted molar refractivity (Wildman–Crippen MR) is 121 cm³/mol. The fourth-order valence-electron chi connectivity index (χ4n) is 5.37. The summed E-state index contributed by atoms with van der Waals surface area (Å²) < 4.78 is 13.1. The molecule has 4 rings (SSSR count). The van der Waals surface area contributed by atoms with Gasteiger partial charge in [-0.2, -0.15) is 0 Å². The molecular formula is C28H33F. The molecule has 2 aliphatic carbocycles. The largest absolute Gasteiger partial charge is 0.207 e. The average Bonchev–Trinajstić information content (AvgIpc) is 2.79. The average molecular weight is 389 g/mol. The Morgan fingerprint density at radius 2 is 1.48 bits per heavy atom. The van der Waals surface area contributed by atoms with E-state index in [0.717, 1.165) is 23.8 Å². The molecule has 1 unspecified atom stereocenters. The van der Waals surface area contributed by atoms with Crippen molar-refractivity contribution in [3.8, 4) is 11.1 Å². The Labute approximate surface area is 175 Å². The van der Waals surface area contributed by atoms with Crippen LogP contribution in [0.1, 0.15) is 69.3 Å². The molecule has 2 aromatic rings. The van der Waals surface area contributed by atoms with Crippen LogP contribution in [0.2, 0.25) is 0 Å². The Bertz CT molecular complexity index is 820. The van der Waals surface area contributed by atoms with Crippen LogP contribution in [-0.4, -0.2) is 0 Å². The molecule has 2 aliphatic rings. The lowest BCUT2D eigenvalue weighted by Gasteiger charge is -2.35. The first-order chi connectivity index (χ1) is 14.2. The number of halogens is 1. The molecular weight excluding hydrogens is 355 g/mol. The van der Waals surface area contributed by atoms with Crippen LogP contribution in [0.25, 0.3) is 11.1 Å². The maximum atomic E-state index is 13.1. The van der Waals surface area contributed by atoms with Crippen LogP contribution < -0.4 is 0 Å². The molecule has 1 saturated carbocycles. The lowest BCUT2D eigenvalue weighted by molar-refractivity contribution is 0.217. The van der Waals surface area contributed by atoms with Gasteiger partial charge >= 0.3 is 0 Å². The third-order valence-electron chi connectivity index (χ3n) is 7.21. The van der Waals surface area contributed by atoms with Gasteiger partial charge in [0.05, 0.1) is 0 Å². The van der Waals surface area contributed by atoms with E-state index in [1.54, 1.807) is 5.57 Å². The number of hydrogen-bond acceptors (Lipinski definition) is 0. The van der Waals surface area contributed by atoms with Crippen LogP contribution in [0.5, 0.6) is 0 Å². The third kappa shape index (κ3) is 5.07. The van der Waals surface area contributed by atoms with E-state index in [2.05, 4.69) is 36.9 Å². The molecule has 0 radical (unpaired) electrons. The molecule has 1 atom stereocenters. The summed E-state index contributed by atoms with van der Waals surface area (Å²) in [5.74, 6) is 2.35. The van der Waals surface area contributed by atoms with Crippen molar-refractivity contribution in [1.82, 2.24) is 0 Å². The second-order valence-electron chi connectivity index (χ2n) is 8.96. The van der Waals surface area contributed by atoms with Crippen molar-refractivity contribution in [3.05, 3.63) is 84.2 Å². The molecule has 0 spiro atoms. The van der Waals surface area contributed by atoms with Gasteiger partial charge in [-0.15, -0.1) is 6.58 Å². The molecule has 0 aliphatic heterocycles. The number of benzene rings is 2. The SMILES string of the molecule is C=CCCC1=CCC(C2CCC(c3ccc(-c4ccc(F)cc4)cc3)CC2)CC1. The fraction of sp³-hybridized carbons (Fsp3) is 0.429. The molecule has 0 nitrogen and oxygen atoms in total. The molecule has 0 saturated heterocycles. The maximum absolute atomic E-state index is 13.1. The van der Waals surface area contributed by atoms with E-state index >= 15 is 0 Å². The van der Waals surface area contributed by atoms with Gasteiger partial charge in [0.25, 0.3) is 0 Å². The molecule has 0 amide bonds. The van der Waals surface area contributed by atoms with Gasteiger partial charge in [-0.25, -0.2) is 4.39 Å². The minimum Gasteiger partial charge on any atom is -0.207 e. The quantitative estimate of drug-likeness (QED) is 0.435. The molecule has 1 heteroatoms. The molecule has 1 fully saturated rings. The number of rotatable bonds is 6. The topological polar surface area (TPSA) is 0 Å². The summed E-state index contributed by atoms with van der Waals surface area (Å²) >= 11 is 0. The van der Waals surface area contributed by atoms with Gasteiger partial charge in [-0.3, -0.25) is 0 Å². The van der Waals surface area contributed by atoms with E-state index in [0.29, 0.717) is 5.92 Å². The van der Waals surface area contributed by atoms with Crippen molar-refractivity contribution in [3.63, 3.8) is 0 Å². The predicted octanol–water partition coefficient (Wildman–Crippen LogP) is 8.46. The van der Waals surface area contributed by atoms with Gasteiger partial charge in [0, 0.05) is 0 Å². The van der Waals surface area contributed by atoms with Crippen LogP contribution >= 0.6 is 0 Å². The molecule has 29 heavy (non-hydrogen) atoms. The van der Waals surface area contributed by atoms with Crippen molar-refractivity contribution in [2.75, 3.05) is 0 Å². The number of hydrogen-bond donors (Lipinski definition) is 0. The van der Waals surface area contributed by atoms with Crippen LogP contribution in [0, 0.1) is 17.7 Å². The van der Waals surface area contributed by atoms with E-state index < -0.39 is 0 Å². The number of allylic oxidation sites excluding steroid dienone is 3. The van der Waals surface area contributed by atoms with Gasteiger partial charge in [-0.05, 0) is 104 Å². The first kappa shape index (κ1) is 20.1. The highest BCUT2D eigenvalue weighted by molar-refractivity contribution is 5.63. The molecule has 0 aromatic heterocycles. The lowest BCUT2D eigenvalue weighted by atomic mass is 9.70. The minimum absolute atomic E-state index is 0.177. The van der Waals surface area contributed by atoms with Crippen LogP contribution in [-0.2, 0) is 0 Å². The Morgan fingerprint density at radius 3 is 2.07 bits per heavy atom. The van der Waals surface area contributed by atoms with E-state index in [9.17, 15) is 4.39 Å². The van der Waals surface area contributed by atoms with Crippen molar-refractivity contribution in [1.29, 1.82) is 0 Å². The smallest absolute Gasteiger partial charge is 0.123 e. The van der Waals surface area contributed by atoms with Crippen LogP contribution in [0.4, 0.5) is 4.39 Å². The molecule has 0 N–H and O–H groups in total. The van der Waals surface area contributed by atoms with Crippen LogP contribution in [0.15, 0.2) is 72.8 Å². The molecule has 2 aromatic carbocycles. The summed E-state index contributed by atoms with van der Waals surface area (Å²) in [5, 5.41) is 0. The Balaban J connectivity index is 1.30. The van der Waals surface area contributed by atoms with Gasteiger partial charge < -0.3 is 0 Å². The zero-order valence-electron chi connectivity index (χ0n) is 17.5. The summed E-state index contributed by atoms with van der Waals surface area (Å²) in [7, 11) is 0. The van der Waals surface area contributed by atoms with Crippen molar-refractivity contribution in [2.45, 2.75) is 63.7 Å². The van der Waals surface area contributed by atoms with Gasteiger partial charge in [-0.1, -0.05) is 54.1 Å². The second kappa shape index (κ2) is 9.57. The Hall–Kier alpha value is -2.15. The van der Waals surface area contributed by atoms with E-state index in [-0.39, 0.29) is 5.82 Å². The third-order valence-corrected chi connectivity index (χ3v) is 7.21. The van der Waals surface area contributed by atoms with Gasteiger partial charge in [0.2, 0.25) is 0 Å². The Kier molecular flexibility index (Phi) is 6.64. The zero-order chi connectivity index (χ0) is 20.1. The second-order valence-corrected chi connectivity index (χ2v) is 8.96. The summed E-state index contributed by atoms with van der Waals surface area (Å²) in [6.07, 6.45) is 16.3. The molecule has 0 bridgehead atoms. The van der Waals surface area contributed by atoms with Crippen LogP contribution in [0.3, 0.4) is 0 Å². The highest BCUT2D eigenvalue weighted by atomic mass is 19.1. The maximum Gasteiger partial charge on any atom is 0.123 e. The molecule has 152 valence electrons. The fourth-order valence-corrected chi connectivity index (χ4v) is 5.37. The molecule has 0 heterocycles. The van der Waals surface area contributed by atoms with E-state index in [4.69, 9.17) is 0 Å². The Morgan fingerprint density at radius 1 is 0.828 bits per heavy atom. The lowest BCUT2D eigenvalue weighted by Crippen LogP contribution is -2.22. The van der Waals surface area contributed by atoms with Crippen molar-refractivity contribution in [2.24, 2.45) is 11.8 Å². The van der Waals surface area contributed by atoms with E-state index in [1.165, 1.54) is 74.6 Å². The first-order valence-corrected chi connectivity index (χ1v) is 11.4. The standard InChI is InChI=1S/C28H33F/c1-2-3-4-21-5-7-22(8-6-21)23-9-11-24(12-10-23)25-13-15-26(16-14-25)27-17-19-28(29)20-18-27/h2,5,13-20,22-24H,1,3-4,6-12H2. The van der Waals surface area contributed by atoms with Gasteiger partial charge in [0.1, 0.15) is 5.82 Å². The van der Waals surface area contributed by atoms with Crippen molar-refractivity contribution < 1.29 is 4.39 Å². The summed E-state index contributed by atoms with van der Waals surface area (Å²) in [6, 6.07) is 15.8. The zero-order valence-corrected chi connectivity index (χ0v) is 17.5. The summed E-state index contributed by atoms with van der Waals surface area (Å²) in [4.78, 5) is 0. The van der Waals surface area contributed by atoms with E-state index in [1.807, 2.05) is 18.2 Å². The normalized spacial score (nSPS) is 24.7. The summed E-state index contributed by atoms with van der Waals surface area (Å²) in [6.45, 7) is 3.85. The summed E-state index contributed by atoms with van der Waals surface area (Å²) in [5.41, 5.74) is 5.39. The highest BCUT2D eigenvalue weighted by Crippen LogP contribution is 2.43.